The van der Waals surface area contributed by atoms with Crippen LogP contribution in [0.3, 0.4) is 0 Å². The molecule has 0 radical (unpaired) electrons. The number of aromatic nitrogens is 2. The second-order valence-electron chi connectivity index (χ2n) is 2.30. The van der Waals surface area contributed by atoms with Gasteiger partial charge in [0.2, 0.25) is 0 Å². The van der Waals surface area contributed by atoms with E-state index in [1.165, 1.54) is 17.0 Å². The summed E-state index contributed by atoms with van der Waals surface area (Å²) in [5.41, 5.74) is 0.664. The number of carbonyl (C=O) groups is 1. The molecule has 0 unspecified atom stereocenters. The third kappa shape index (κ3) is 2.79. The Hall–Kier alpha value is -2.09. The van der Waals surface area contributed by atoms with Crippen LogP contribution in [0.4, 0.5) is 0 Å². The predicted molar refractivity (Wildman–Crippen MR) is 44.5 cm³/mol. The smallest absolute Gasteiger partial charge is 0.328 e. The summed E-state index contributed by atoms with van der Waals surface area (Å²) in [5.74, 6) is -1.01. The SMILES string of the molecule is N#CCn1cc(/C=C/C(=O)O)cn1. The maximum Gasteiger partial charge on any atom is 0.328 e. The Labute approximate surface area is 74.5 Å². The fraction of sp³-hybridized carbons (Fsp3) is 0.125. The van der Waals surface area contributed by atoms with Crippen LogP contribution < -0.4 is 0 Å². The number of hydrogen-bond donors (Lipinski definition) is 1. The maximum atomic E-state index is 10.1. The van der Waals surface area contributed by atoms with Gasteiger partial charge in [-0.1, -0.05) is 0 Å². The molecule has 0 amide bonds. The quantitative estimate of drug-likeness (QED) is 0.682. The van der Waals surface area contributed by atoms with Crippen LogP contribution in [0.2, 0.25) is 0 Å². The van der Waals surface area contributed by atoms with E-state index in [2.05, 4.69) is 5.10 Å². The Morgan fingerprint density at radius 1 is 1.85 bits per heavy atom. The number of rotatable bonds is 3. The van der Waals surface area contributed by atoms with Gasteiger partial charge >= 0.3 is 5.97 Å². The van der Waals surface area contributed by atoms with Crippen molar-refractivity contribution in [2.45, 2.75) is 6.54 Å². The van der Waals surface area contributed by atoms with Crippen molar-refractivity contribution in [2.24, 2.45) is 0 Å². The molecule has 0 atom stereocenters. The van der Waals surface area contributed by atoms with E-state index in [0.717, 1.165) is 6.08 Å². The summed E-state index contributed by atoms with van der Waals surface area (Å²) < 4.78 is 1.43. The lowest BCUT2D eigenvalue weighted by Crippen LogP contribution is -1.93. The van der Waals surface area contributed by atoms with Crippen LogP contribution in [0, 0.1) is 11.3 Å². The van der Waals surface area contributed by atoms with E-state index >= 15 is 0 Å². The lowest BCUT2D eigenvalue weighted by atomic mass is 10.3. The van der Waals surface area contributed by atoms with E-state index in [1.807, 2.05) is 6.07 Å². The van der Waals surface area contributed by atoms with Crippen molar-refractivity contribution in [1.29, 1.82) is 5.26 Å². The minimum atomic E-state index is -1.01. The van der Waals surface area contributed by atoms with E-state index in [0.29, 0.717) is 5.56 Å². The van der Waals surface area contributed by atoms with Crippen LogP contribution in [0.25, 0.3) is 6.08 Å². The molecule has 5 nitrogen and oxygen atoms in total. The average molecular weight is 177 g/mol. The summed E-state index contributed by atoms with van der Waals surface area (Å²) in [4.78, 5) is 10.1. The third-order valence-corrected chi connectivity index (χ3v) is 1.30. The van der Waals surface area contributed by atoms with Gasteiger partial charge in [-0.25, -0.2) is 4.79 Å². The molecule has 1 aromatic heterocycles. The zero-order chi connectivity index (χ0) is 9.68. The molecule has 1 rings (SSSR count). The monoisotopic (exact) mass is 177 g/mol. The first-order valence-electron chi connectivity index (χ1n) is 3.53. The second-order valence-corrected chi connectivity index (χ2v) is 2.30. The number of hydrogen-bond acceptors (Lipinski definition) is 3. The molecule has 66 valence electrons. The van der Waals surface area contributed by atoms with Crippen LogP contribution in [-0.2, 0) is 11.3 Å². The van der Waals surface area contributed by atoms with Gasteiger partial charge in [0.05, 0.1) is 12.3 Å². The molecular formula is C8H7N3O2. The highest BCUT2D eigenvalue weighted by Gasteiger charge is 1.94. The molecule has 5 heteroatoms. The van der Waals surface area contributed by atoms with E-state index in [1.54, 1.807) is 6.20 Å². The van der Waals surface area contributed by atoms with Gasteiger partial charge in [0, 0.05) is 17.8 Å². The lowest BCUT2D eigenvalue weighted by molar-refractivity contribution is -0.131. The Balaban J connectivity index is 2.70. The molecule has 0 aromatic carbocycles. The summed E-state index contributed by atoms with van der Waals surface area (Å²) in [5, 5.41) is 20.5. The molecular weight excluding hydrogens is 170 g/mol. The van der Waals surface area contributed by atoms with Crippen molar-refractivity contribution >= 4 is 12.0 Å². The first-order valence-corrected chi connectivity index (χ1v) is 3.53. The molecule has 1 aromatic rings. The molecule has 0 bridgehead atoms. The number of nitriles is 1. The highest BCUT2D eigenvalue weighted by Crippen LogP contribution is 1.99. The predicted octanol–water partition coefficient (Wildman–Crippen LogP) is 0.504. The van der Waals surface area contributed by atoms with Crippen LogP contribution in [0.15, 0.2) is 18.5 Å². The molecule has 0 saturated carbocycles. The summed E-state index contributed by atoms with van der Waals surface area (Å²) >= 11 is 0. The molecule has 0 aliphatic rings. The van der Waals surface area contributed by atoms with Gasteiger partial charge < -0.3 is 5.11 Å². The van der Waals surface area contributed by atoms with Crippen molar-refractivity contribution < 1.29 is 9.90 Å². The first kappa shape index (κ1) is 9.00. The Bertz CT molecular complexity index is 373. The first-order chi connectivity index (χ1) is 6.22. The largest absolute Gasteiger partial charge is 0.478 e. The summed E-state index contributed by atoms with van der Waals surface area (Å²) in [6.45, 7) is 0.168. The molecule has 1 N–H and O–H groups in total. The molecule has 13 heavy (non-hydrogen) atoms. The van der Waals surface area contributed by atoms with Gasteiger partial charge in [-0.05, 0) is 6.08 Å². The number of aliphatic carboxylic acids is 1. The van der Waals surface area contributed by atoms with E-state index < -0.39 is 5.97 Å². The highest BCUT2D eigenvalue weighted by atomic mass is 16.4. The molecule has 0 aliphatic carbocycles. The Kier molecular flexibility index (Phi) is 2.82. The Morgan fingerprint density at radius 3 is 3.23 bits per heavy atom. The third-order valence-electron chi connectivity index (χ3n) is 1.30. The molecule has 0 spiro atoms. The van der Waals surface area contributed by atoms with Gasteiger partial charge in [-0.3, -0.25) is 4.68 Å². The molecule has 0 fully saturated rings. The summed E-state index contributed by atoms with van der Waals surface area (Å²) in [6.07, 6.45) is 5.54. The topological polar surface area (TPSA) is 78.9 Å². The van der Waals surface area contributed by atoms with Gasteiger partial charge in [0.1, 0.15) is 6.54 Å². The highest BCUT2D eigenvalue weighted by molar-refractivity contribution is 5.85. The van der Waals surface area contributed by atoms with E-state index in [9.17, 15) is 4.79 Å². The standard InChI is InChI=1S/C8H7N3O2/c9-3-4-11-6-7(5-10-11)1-2-8(12)13/h1-2,5-6H,4H2,(H,12,13)/b2-1+. The van der Waals surface area contributed by atoms with Crippen LogP contribution in [0.1, 0.15) is 5.56 Å². The van der Waals surface area contributed by atoms with Crippen molar-refractivity contribution in [2.75, 3.05) is 0 Å². The number of carboxylic acids is 1. The van der Waals surface area contributed by atoms with E-state index in [4.69, 9.17) is 10.4 Å². The van der Waals surface area contributed by atoms with Gasteiger partial charge in [-0.15, -0.1) is 0 Å². The van der Waals surface area contributed by atoms with E-state index in [-0.39, 0.29) is 6.54 Å². The number of carboxylic acid groups (broad SMARTS) is 1. The van der Waals surface area contributed by atoms with Crippen molar-refractivity contribution in [1.82, 2.24) is 9.78 Å². The molecule has 0 aliphatic heterocycles. The van der Waals surface area contributed by atoms with Crippen molar-refractivity contribution in [3.8, 4) is 6.07 Å². The Morgan fingerprint density at radius 2 is 2.62 bits per heavy atom. The summed E-state index contributed by atoms with van der Waals surface area (Å²) in [7, 11) is 0. The van der Waals surface area contributed by atoms with Gasteiger partial charge in [0.25, 0.3) is 0 Å². The van der Waals surface area contributed by atoms with Crippen LogP contribution in [0.5, 0.6) is 0 Å². The second kappa shape index (κ2) is 4.07. The molecule has 1 heterocycles. The van der Waals surface area contributed by atoms with Crippen LogP contribution in [-0.4, -0.2) is 20.9 Å². The molecule has 0 saturated heterocycles. The number of nitrogens with zero attached hydrogens (tertiary/aromatic N) is 3. The minimum absolute atomic E-state index is 0.168. The normalized spacial score (nSPS) is 10.1. The van der Waals surface area contributed by atoms with Crippen LogP contribution >= 0.6 is 0 Å². The van der Waals surface area contributed by atoms with Gasteiger partial charge in [-0.2, -0.15) is 10.4 Å². The van der Waals surface area contributed by atoms with Crippen molar-refractivity contribution in [3.63, 3.8) is 0 Å². The van der Waals surface area contributed by atoms with Crippen molar-refractivity contribution in [3.05, 3.63) is 24.0 Å². The average Bonchev–Trinajstić information content (AvgIpc) is 2.50. The zero-order valence-corrected chi connectivity index (χ0v) is 6.71. The fourth-order valence-corrected chi connectivity index (χ4v) is 0.792. The zero-order valence-electron chi connectivity index (χ0n) is 6.71. The van der Waals surface area contributed by atoms with Gasteiger partial charge in [0.15, 0.2) is 0 Å². The minimum Gasteiger partial charge on any atom is -0.478 e. The fourth-order valence-electron chi connectivity index (χ4n) is 0.792. The maximum absolute atomic E-state index is 10.1. The summed E-state index contributed by atoms with van der Waals surface area (Å²) in [6, 6.07) is 1.92. The lowest BCUT2D eigenvalue weighted by Gasteiger charge is -1.87.